The van der Waals surface area contributed by atoms with Crippen LogP contribution in [0.25, 0.3) is 0 Å². The molecule has 0 aromatic heterocycles. The molecule has 3 nitrogen and oxygen atoms in total. The minimum atomic E-state index is -0.0102. The minimum Gasteiger partial charge on any atom is -0.349 e. The third-order valence-corrected chi connectivity index (χ3v) is 3.80. The van der Waals surface area contributed by atoms with Gasteiger partial charge >= 0.3 is 0 Å². The summed E-state index contributed by atoms with van der Waals surface area (Å²) in [6.07, 6.45) is 0. The second-order valence-electron chi connectivity index (χ2n) is 5.03. The van der Waals surface area contributed by atoms with Gasteiger partial charge in [-0.15, -0.1) is 0 Å². The van der Waals surface area contributed by atoms with Crippen LogP contribution in [0.2, 0.25) is 5.02 Å². The average Bonchev–Trinajstić information content (AvgIpc) is 2.75. The molecule has 1 fully saturated rings. The summed E-state index contributed by atoms with van der Waals surface area (Å²) in [6, 6.07) is 7.60. The smallest absolute Gasteiger partial charge is 0.225 e. The fourth-order valence-corrected chi connectivity index (χ4v) is 2.54. The van der Waals surface area contributed by atoms with E-state index in [0.29, 0.717) is 10.9 Å². The number of carbonyl (C=O) groups excluding carboxylic acids is 1. The lowest BCUT2D eigenvalue weighted by atomic mass is 9.96. The SMILES string of the molecule is CC(NC(=O)C1CNCC1C)c1cccc(Cl)c1. The van der Waals surface area contributed by atoms with Crippen molar-refractivity contribution in [3.8, 4) is 0 Å². The molecule has 1 aromatic rings. The first-order chi connectivity index (χ1) is 8.58. The van der Waals surface area contributed by atoms with Crippen molar-refractivity contribution in [2.75, 3.05) is 13.1 Å². The summed E-state index contributed by atoms with van der Waals surface area (Å²) < 4.78 is 0. The highest BCUT2D eigenvalue weighted by molar-refractivity contribution is 6.30. The van der Waals surface area contributed by atoms with Crippen LogP contribution in [0.4, 0.5) is 0 Å². The molecule has 1 aromatic carbocycles. The van der Waals surface area contributed by atoms with Gasteiger partial charge in [-0.25, -0.2) is 0 Å². The molecule has 2 rings (SSSR count). The molecule has 18 heavy (non-hydrogen) atoms. The average molecular weight is 267 g/mol. The van der Waals surface area contributed by atoms with Gasteiger partial charge in [0.15, 0.2) is 0 Å². The van der Waals surface area contributed by atoms with Crippen LogP contribution in [0.5, 0.6) is 0 Å². The number of hydrogen-bond acceptors (Lipinski definition) is 2. The van der Waals surface area contributed by atoms with Crippen molar-refractivity contribution >= 4 is 17.5 Å². The summed E-state index contributed by atoms with van der Waals surface area (Å²) in [5, 5.41) is 7.00. The number of carbonyl (C=O) groups is 1. The van der Waals surface area contributed by atoms with Gasteiger partial charge in [0, 0.05) is 11.6 Å². The van der Waals surface area contributed by atoms with Crippen LogP contribution < -0.4 is 10.6 Å². The largest absolute Gasteiger partial charge is 0.349 e. The summed E-state index contributed by atoms with van der Waals surface area (Å²) in [5.74, 6) is 0.600. The summed E-state index contributed by atoms with van der Waals surface area (Å²) in [7, 11) is 0. The number of benzene rings is 1. The fourth-order valence-electron chi connectivity index (χ4n) is 2.34. The molecular weight excluding hydrogens is 248 g/mol. The Bertz CT molecular complexity index is 436. The monoisotopic (exact) mass is 266 g/mol. The molecule has 98 valence electrons. The highest BCUT2D eigenvalue weighted by Gasteiger charge is 2.30. The van der Waals surface area contributed by atoms with Crippen LogP contribution in [-0.2, 0) is 4.79 Å². The van der Waals surface area contributed by atoms with Crippen LogP contribution in [-0.4, -0.2) is 19.0 Å². The quantitative estimate of drug-likeness (QED) is 0.882. The minimum absolute atomic E-state index is 0.0102. The van der Waals surface area contributed by atoms with Crippen LogP contribution in [0.1, 0.15) is 25.5 Å². The second-order valence-corrected chi connectivity index (χ2v) is 5.46. The number of halogens is 1. The highest BCUT2D eigenvalue weighted by atomic mass is 35.5. The number of hydrogen-bond donors (Lipinski definition) is 2. The number of amides is 1. The Labute approximate surface area is 113 Å². The molecule has 3 atom stereocenters. The topological polar surface area (TPSA) is 41.1 Å². The third kappa shape index (κ3) is 3.03. The van der Waals surface area contributed by atoms with Crippen LogP contribution >= 0.6 is 11.6 Å². The maximum Gasteiger partial charge on any atom is 0.225 e. The van der Waals surface area contributed by atoms with Crippen LogP contribution in [0.15, 0.2) is 24.3 Å². The first-order valence-corrected chi connectivity index (χ1v) is 6.72. The van der Waals surface area contributed by atoms with Crippen molar-refractivity contribution in [3.63, 3.8) is 0 Å². The van der Waals surface area contributed by atoms with Crippen molar-refractivity contribution in [1.29, 1.82) is 0 Å². The molecule has 1 amide bonds. The first-order valence-electron chi connectivity index (χ1n) is 6.34. The van der Waals surface area contributed by atoms with Crippen molar-refractivity contribution in [2.45, 2.75) is 19.9 Å². The predicted octanol–water partition coefficient (Wildman–Crippen LogP) is 2.37. The van der Waals surface area contributed by atoms with Crippen molar-refractivity contribution in [1.82, 2.24) is 10.6 Å². The van der Waals surface area contributed by atoms with Crippen molar-refractivity contribution in [2.24, 2.45) is 11.8 Å². The standard InChI is InChI=1S/C14H19ClN2O/c1-9-7-16-8-13(9)14(18)17-10(2)11-4-3-5-12(15)6-11/h3-6,9-10,13,16H,7-8H2,1-2H3,(H,17,18). The van der Waals surface area contributed by atoms with E-state index in [0.717, 1.165) is 18.7 Å². The molecular formula is C14H19ClN2O. The summed E-state index contributed by atoms with van der Waals surface area (Å²) in [6.45, 7) is 5.78. The van der Waals surface area contributed by atoms with Gasteiger partial charge in [0.25, 0.3) is 0 Å². The van der Waals surface area contributed by atoms with E-state index in [1.54, 1.807) is 0 Å². The molecule has 1 aliphatic heterocycles. The Morgan fingerprint density at radius 3 is 2.89 bits per heavy atom. The van der Waals surface area contributed by atoms with E-state index in [2.05, 4.69) is 17.6 Å². The molecule has 1 heterocycles. The Morgan fingerprint density at radius 1 is 1.50 bits per heavy atom. The van der Waals surface area contributed by atoms with Gasteiger partial charge in [-0.3, -0.25) is 4.79 Å². The molecule has 2 N–H and O–H groups in total. The zero-order chi connectivity index (χ0) is 13.1. The van der Waals surface area contributed by atoms with E-state index in [1.807, 2.05) is 31.2 Å². The fraction of sp³-hybridized carbons (Fsp3) is 0.500. The van der Waals surface area contributed by atoms with E-state index in [4.69, 9.17) is 11.6 Å². The van der Waals surface area contributed by atoms with E-state index >= 15 is 0 Å². The van der Waals surface area contributed by atoms with Crippen molar-refractivity contribution in [3.05, 3.63) is 34.9 Å². The van der Waals surface area contributed by atoms with Crippen LogP contribution in [0, 0.1) is 11.8 Å². The first kappa shape index (κ1) is 13.4. The molecule has 0 aliphatic carbocycles. The summed E-state index contributed by atoms with van der Waals surface area (Å²) in [5.41, 5.74) is 1.04. The molecule has 4 heteroatoms. The molecule has 0 spiro atoms. The lowest BCUT2D eigenvalue weighted by Gasteiger charge is -2.19. The Hall–Kier alpha value is -1.06. The van der Waals surface area contributed by atoms with Gasteiger partial charge in [-0.1, -0.05) is 30.7 Å². The Morgan fingerprint density at radius 2 is 2.28 bits per heavy atom. The zero-order valence-electron chi connectivity index (χ0n) is 10.7. The molecule has 0 saturated carbocycles. The van der Waals surface area contributed by atoms with Crippen molar-refractivity contribution < 1.29 is 4.79 Å². The summed E-state index contributed by atoms with van der Waals surface area (Å²) in [4.78, 5) is 12.1. The lowest BCUT2D eigenvalue weighted by molar-refractivity contribution is -0.126. The van der Waals surface area contributed by atoms with E-state index in [9.17, 15) is 4.79 Å². The van der Waals surface area contributed by atoms with Gasteiger partial charge < -0.3 is 10.6 Å². The molecule has 0 radical (unpaired) electrons. The maximum atomic E-state index is 12.1. The third-order valence-electron chi connectivity index (χ3n) is 3.56. The molecule has 1 saturated heterocycles. The van der Waals surface area contributed by atoms with Gasteiger partial charge in [-0.05, 0) is 37.1 Å². The second kappa shape index (κ2) is 5.72. The number of rotatable bonds is 3. The van der Waals surface area contributed by atoms with E-state index in [-0.39, 0.29) is 17.9 Å². The molecule has 3 unspecified atom stereocenters. The Kier molecular flexibility index (Phi) is 4.25. The Balaban J connectivity index is 1.98. The molecule has 0 bridgehead atoms. The van der Waals surface area contributed by atoms with Gasteiger partial charge in [0.05, 0.1) is 12.0 Å². The lowest BCUT2D eigenvalue weighted by Crippen LogP contribution is -2.35. The van der Waals surface area contributed by atoms with Gasteiger partial charge in [-0.2, -0.15) is 0 Å². The van der Waals surface area contributed by atoms with E-state index in [1.165, 1.54) is 0 Å². The number of nitrogens with one attached hydrogen (secondary N) is 2. The normalized spacial score (nSPS) is 24.8. The summed E-state index contributed by atoms with van der Waals surface area (Å²) >= 11 is 5.95. The van der Waals surface area contributed by atoms with Crippen LogP contribution in [0.3, 0.4) is 0 Å². The predicted molar refractivity (Wildman–Crippen MR) is 73.5 cm³/mol. The maximum absolute atomic E-state index is 12.1. The highest BCUT2D eigenvalue weighted by Crippen LogP contribution is 2.20. The van der Waals surface area contributed by atoms with Gasteiger partial charge in [0.1, 0.15) is 0 Å². The molecule has 1 aliphatic rings. The zero-order valence-corrected chi connectivity index (χ0v) is 11.5. The van der Waals surface area contributed by atoms with E-state index < -0.39 is 0 Å². The van der Waals surface area contributed by atoms with Gasteiger partial charge in [0.2, 0.25) is 5.91 Å².